The van der Waals surface area contributed by atoms with Gasteiger partial charge >= 0.3 is 6.18 Å². The standard InChI is InChI=1S/C21H23F3N4O/c1-29-11-8-15-13-28(10-9-25-15)20-16-12-14(21(22,23)24)6-7-17(16)26-18-4-2-3-5-19(18)27-20/h2-7,12,15,25-26H,8-11,13H2,1H3. The van der Waals surface area contributed by atoms with Crippen LogP contribution >= 0.6 is 0 Å². The topological polar surface area (TPSA) is 48.9 Å². The van der Waals surface area contributed by atoms with Gasteiger partial charge in [0.15, 0.2) is 0 Å². The van der Waals surface area contributed by atoms with Crippen LogP contribution in [0.4, 0.5) is 30.2 Å². The Bertz CT molecular complexity index is 913. The molecule has 0 amide bonds. The van der Waals surface area contributed by atoms with Crippen LogP contribution in [0.15, 0.2) is 47.5 Å². The third-order valence-electron chi connectivity index (χ3n) is 5.21. The molecule has 1 atom stereocenters. The molecule has 2 aromatic rings. The number of fused-ring (bicyclic) bond motifs is 2. The molecule has 8 heteroatoms. The SMILES string of the molecule is COCCC1CN(C2=Nc3ccccc3Nc3ccc(C(F)(F)F)cc32)CCN1. The van der Waals surface area contributed by atoms with Crippen molar-refractivity contribution < 1.29 is 17.9 Å². The highest BCUT2D eigenvalue weighted by molar-refractivity contribution is 6.08. The maximum Gasteiger partial charge on any atom is 0.416 e. The highest BCUT2D eigenvalue weighted by Crippen LogP contribution is 2.38. The zero-order valence-corrected chi connectivity index (χ0v) is 16.1. The second-order valence-electron chi connectivity index (χ2n) is 7.21. The fourth-order valence-electron chi connectivity index (χ4n) is 3.72. The first-order chi connectivity index (χ1) is 14.0. The van der Waals surface area contributed by atoms with Gasteiger partial charge in [0.2, 0.25) is 0 Å². The molecule has 29 heavy (non-hydrogen) atoms. The molecule has 2 aromatic carbocycles. The molecule has 0 aromatic heterocycles. The summed E-state index contributed by atoms with van der Waals surface area (Å²) in [5.41, 5.74) is 1.88. The molecule has 1 unspecified atom stereocenters. The number of benzene rings is 2. The summed E-state index contributed by atoms with van der Waals surface area (Å²) in [6.07, 6.45) is -3.59. The smallest absolute Gasteiger partial charge is 0.385 e. The third kappa shape index (κ3) is 4.23. The first-order valence-electron chi connectivity index (χ1n) is 9.59. The van der Waals surface area contributed by atoms with E-state index < -0.39 is 11.7 Å². The molecule has 154 valence electrons. The number of ether oxygens (including phenoxy) is 1. The van der Waals surface area contributed by atoms with Crippen LogP contribution in [0.25, 0.3) is 0 Å². The van der Waals surface area contributed by atoms with E-state index in [0.717, 1.165) is 24.7 Å². The molecule has 2 aliphatic heterocycles. The van der Waals surface area contributed by atoms with Crippen molar-refractivity contribution in [1.82, 2.24) is 10.2 Å². The van der Waals surface area contributed by atoms with Crippen LogP contribution in [0, 0.1) is 0 Å². The van der Waals surface area contributed by atoms with Gasteiger partial charge in [0, 0.05) is 50.6 Å². The second-order valence-corrected chi connectivity index (χ2v) is 7.21. The summed E-state index contributed by atoms with van der Waals surface area (Å²) in [6, 6.07) is 11.5. The molecule has 0 aliphatic carbocycles. The Hall–Kier alpha value is -2.58. The number of hydrogen-bond donors (Lipinski definition) is 2. The van der Waals surface area contributed by atoms with Crippen LogP contribution in [0.3, 0.4) is 0 Å². The molecule has 0 bridgehead atoms. The van der Waals surface area contributed by atoms with E-state index in [-0.39, 0.29) is 6.04 Å². The molecule has 0 radical (unpaired) electrons. The van der Waals surface area contributed by atoms with Gasteiger partial charge in [-0.2, -0.15) is 13.2 Å². The summed E-state index contributed by atoms with van der Waals surface area (Å²) in [5.74, 6) is 0.562. The van der Waals surface area contributed by atoms with Crippen molar-refractivity contribution in [2.75, 3.05) is 38.7 Å². The van der Waals surface area contributed by atoms with Gasteiger partial charge in [-0.25, -0.2) is 4.99 Å². The molecule has 4 rings (SSSR count). The molecule has 2 heterocycles. The lowest BCUT2D eigenvalue weighted by molar-refractivity contribution is -0.137. The van der Waals surface area contributed by atoms with Gasteiger partial charge in [-0.05, 0) is 36.8 Å². The molecule has 0 saturated carbocycles. The number of amidine groups is 1. The van der Waals surface area contributed by atoms with E-state index in [1.807, 2.05) is 24.3 Å². The van der Waals surface area contributed by atoms with Gasteiger partial charge in [-0.1, -0.05) is 12.1 Å². The first-order valence-corrected chi connectivity index (χ1v) is 9.59. The molecular weight excluding hydrogens is 381 g/mol. The predicted octanol–water partition coefficient (Wildman–Crippen LogP) is 4.15. The number of methoxy groups -OCH3 is 1. The van der Waals surface area contributed by atoms with Crippen LogP contribution in [-0.2, 0) is 10.9 Å². The largest absolute Gasteiger partial charge is 0.416 e. The van der Waals surface area contributed by atoms with E-state index in [0.29, 0.717) is 42.5 Å². The van der Waals surface area contributed by atoms with E-state index >= 15 is 0 Å². The third-order valence-corrected chi connectivity index (χ3v) is 5.21. The van der Waals surface area contributed by atoms with Crippen molar-refractivity contribution in [3.63, 3.8) is 0 Å². The van der Waals surface area contributed by atoms with E-state index in [2.05, 4.69) is 15.5 Å². The fraction of sp³-hybridized carbons (Fsp3) is 0.381. The van der Waals surface area contributed by atoms with Gasteiger partial charge in [0.1, 0.15) is 5.84 Å². The van der Waals surface area contributed by atoms with Gasteiger partial charge in [0.05, 0.1) is 16.9 Å². The number of para-hydroxylation sites is 2. The Morgan fingerprint density at radius 3 is 2.79 bits per heavy atom. The Balaban J connectivity index is 1.77. The zero-order chi connectivity index (χ0) is 20.4. The van der Waals surface area contributed by atoms with Crippen molar-refractivity contribution in [3.05, 3.63) is 53.6 Å². The highest BCUT2D eigenvalue weighted by atomic mass is 19.4. The highest BCUT2D eigenvalue weighted by Gasteiger charge is 2.33. The van der Waals surface area contributed by atoms with Gasteiger partial charge in [-0.3, -0.25) is 0 Å². The number of rotatable bonds is 3. The average molecular weight is 404 g/mol. The van der Waals surface area contributed by atoms with Crippen molar-refractivity contribution in [2.45, 2.75) is 18.6 Å². The quantitative estimate of drug-likeness (QED) is 0.807. The number of anilines is 2. The molecule has 0 spiro atoms. The fourth-order valence-corrected chi connectivity index (χ4v) is 3.72. The van der Waals surface area contributed by atoms with Crippen molar-refractivity contribution in [2.24, 2.45) is 4.99 Å². The number of piperazine rings is 1. The Morgan fingerprint density at radius 2 is 2.00 bits per heavy atom. The van der Waals surface area contributed by atoms with E-state index in [1.54, 1.807) is 7.11 Å². The summed E-state index contributed by atoms with van der Waals surface area (Å²) in [5, 5.41) is 6.70. The normalized spacial score (nSPS) is 19.0. The van der Waals surface area contributed by atoms with Crippen LogP contribution in [0.1, 0.15) is 17.5 Å². The monoisotopic (exact) mass is 404 g/mol. The van der Waals surface area contributed by atoms with Crippen LogP contribution in [0.2, 0.25) is 0 Å². The number of alkyl halides is 3. The Morgan fingerprint density at radius 1 is 1.17 bits per heavy atom. The number of halogens is 3. The van der Waals surface area contributed by atoms with Crippen molar-refractivity contribution in [3.8, 4) is 0 Å². The predicted molar refractivity (Wildman–Crippen MR) is 107 cm³/mol. The molecule has 1 saturated heterocycles. The van der Waals surface area contributed by atoms with Crippen molar-refractivity contribution >= 4 is 22.9 Å². The van der Waals surface area contributed by atoms with Crippen LogP contribution in [0.5, 0.6) is 0 Å². The molecule has 2 N–H and O–H groups in total. The minimum Gasteiger partial charge on any atom is -0.385 e. The van der Waals surface area contributed by atoms with Crippen LogP contribution in [-0.4, -0.2) is 50.1 Å². The Labute approximate surface area is 167 Å². The lowest BCUT2D eigenvalue weighted by Crippen LogP contribution is -2.53. The maximum absolute atomic E-state index is 13.4. The Kier molecular flexibility index (Phi) is 5.47. The average Bonchev–Trinajstić information content (AvgIpc) is 2.88. The summed E-state index contributed by atoms with van der Waals surface area (Å²) in [7, 11) is 1.66. The zero-order valence-electron chi connectivity index (χ0n) is 16.1. The van der Waals surface area contributed by atoms with Crippen molar-refractivity contribution in [1.29, 1.82) is 0 Å². The number of nitrogens with zero attached hydrogens (tertiary/aromatic N) is 2. The summed E-state index contributed by atoms with van der Waals surface area (Å²) < 4.78 is 45.4. The number of aliphatic imine (C=N–C) groups is 1. The number of hydrogen-bond acceptors (Lipinski definition) is 5. The minimum absolute atomic E-state index is 0.187. The van der Waals surface area contributed by atoms with Gasteiger partial charge < -0.3 is 20.3 Å². The maximum atomic E-state index is 13.4. The number of nitrogens with one attached hydrogen (secondary N) is 2. The van der Waals surface area contributed by atoms with E-state index in [4.69, 9.17) is 9.73 Å². The van der Waals surface area contributed by atoms with Gasteiger partial charge in [-0.15, -0.1) is 0 Å². The van der Waals surface area contributed by atoms with E-state index in [1.165, 1.54) is 12.1 Å². The molecule has 2 aliphatic rings. The van der Waals surface area contributed by atoms with Crippen LogP contribution < -0.4 is 10.6 Å². The first kappa shape index (κ1) is 19.7. The second kappa shape index (κ2) is 8.04. The summed E-state index contributed by atoms with van der Waals surface area (Å²) in [6.45, 7) is 2.67. The minimum atomic E-state index is -4.41. The molecule has 1 fully saturated rings. The van der Waals surface area contributed by atoms with Gasteiger partial charge in [0.25, 0.3) is 0 Å². The summed E-state index contributed by atoms with van der Waals surface area (Å²) >= 11 is 0. The summed E-state index contributed by atoms with van der Waals surface area (Å²) in [4.78, 5) is 6.86. The van der Waals surface area contributed by atoms with E-state index in [9.17, 15) is 13.2 Å². The lowest BCUT2D eigenvalue weighted by atomic mass is 10.0. The molecular formula is C21H23F3N4O. The molecule has 5 nitrogen and oxygen atoms in total. The lowest BCUT2D eigenvalue weighted by Gasteiger charge is -2.36.